The highest BCUT2D eigenvalue weighted by Crippen LogP contribution is 2.43. The molecule has 0 saturated heterocycles. The van der Waals surface area contributed by atoms with E-state index in [4.69, 9.17) is 0 Å². The maximum Gasteiger partial charge on any atom is 0.228 e. The van der Waals surface area contributed by atoms with E-state index in [1.807, 2.05) is 30.7 Å². The third kappa shape index (κ3) is 4.58. The van der Waals surface area contributed by atoms with Crippen LogP contribution in [0.2, 0.25) is 0 Å². The molecule has 3 aromatic rings. The molecule has 3 aromatic heterocycles. The second-order valence-electron chi connectivity index (χ2n) is 10.1. The van der Waals surface area contributed by atoms with Crippen LogP contribution in [0.5, 0.6) is 0 Å². The van der Waals surface area contributed by atoms with Gasteiger partial charge in [-0.1, -0.05) is 12.8 Å². The lowest BCUT2D eigenvalue weighted by atomic mass is 9.83. The summed E-state index contributed by atoms with van der Waals surface area (Å²) in [5, 5.41) is 3.95. The molecule has 0 radical (unpaired) electrons. The van der Waals surface area contributed by atoms with Crippen LogP contribution in [0.15, 0.2) is 36.9 Å². The standard InChI is InChI=1S/C27H30N4O2S/c32-22(9-5-17-3-4-17)25-21-14-18(6-10-23(21)34-27(25)30-26(33)19-7-8-19)15-24-29-12-13-31(24)20-2-1-11-28-16-20/h1-2,11-13,16-19H,3-10,14-15H2,(H,30,33)/t18-/m0/s1. The van der Waals surface area contributed by atoms with Crippen LogP contribution in [0, 0.1) is 17.8 Å². The zero-order chi connectivity index (χ0) is 23.1. The third-order valence-corrected chi connectivity index (χ3v) is 8.62. The predicted molar refractivity (Wildman–Crippen MR) is 133 cm³/mol. The summed E-state index contributed by atoms with van der Waals surface area (Å²) in [6.07, 6.45) is 17.2. The summed E-state index contributed by atoms with van der Waals surface area (Å²) < 4.78 is 2.11. The number of ketones is 1. The molecule has 1 atom stereocenters. The number of fused-ring (bicyclic) bond motifs is 1. The summed E-state index contributed by atoms with van der Waals surface area (Å²) in [4.78, 5) is 36.1. The van der Waals surface area contributed by atoms with Crippen molar-refractivity contribution in [2.45, 2.75) is 64.2 Å². The number of nitrogens with one attached hydrogen (secondary N) is 1. The van der Waals surface area contributed by atoms with E-state index in [1.54, 1.807) is 17.5 Å². The minimum Gasteiger partial charge on any atom is -0.317 e. The quantitative estimate of drug-likeness (QED) is 0.422. The van der Waals surface area contributed by atoms with E-state index in [2.05, 4.69) is 19.9 Å². The van der Waals surface area contributed by atoms with Gasteiger partial charge in [0.2, 0.25) is 5.91 Å². The molecule has 0 aliphatic heterocycles. The van der Waals surface area contributed by atoms with E-state index in [1.165, 1.54) is 23.3 Å². The molecule has 1 N–H and O–H groups in total. The van der Waals surface area contributed by atoms with E-state index in [-0.39, 0.29) is 17.6 Å². The molecule has 34 heavy (non-hydrogen) atoms. The number of nitrogens with zero attached hydrogens (tertiary/aromatic N) is 3. The number of aryl methyl sites for hydroxylation is 1. The van der Waals surface area contributed by atoms with Crippen molar-refractivity contribution in [2.75, 3.05) is 5.32 Å². The number of imidazole rings is 1. The molecule has 2 saturated carbocycles. The smallest absolute Gasteiger partial charge is 0.228 e. The molecule has 0 bridgehead atoms. The van der Waals surface area contributed by atoms with E-state index in [9.17, 15) is 9.59 Å². The Morgan fingerprint density at radius 2 is 2.00 bits per heavy atom. The Bertz CT molecular complexity index is 1210. The third-order valence-electron chi connectivity index (χ3n) is 7.42. The second-order valence-corrected chi connectivity index (χ2v) is 11.2. The van der Waals surface area contributed by atoms with Gasteiger partial charge in [-0.05, 0) is 68.1 Å². The van der Waals surface area contributed by atoms with Gasteiger partial charge < -0.3 is 9.88 Å². The van der Waals surface area contributed by atoms with Crippen LogP contribution in [0.3, 0.4) is 0 Å². The van der Waals surface area contributed by atoms with Crippen LogP contribution in [0.1, 0.15) is 71.6 Å². The van der Waals surface area contributed by atoms with E-state index in [0.29, 0.717) is 12.3 Å². The summed E-state index contributed by atoms with van der Waals surface area (Å²) in [5.74, 6) is 2.61. The average Bonchev–Trinajstić information content (AvgIpc) is 3.78. The lowest BCUT2D eigenvalue weighted by Crippen LogP contribution is -2.20. The normalized spacial score (nSPS) is 19.6. The number of thiophene rings is 1. The first kappa shape index (κ1) is 21.7. The Balaban J connectivity index is 1.24. The molecule has 6 rings (SSSR count). The fraction of sp³-hybridized carbons (Fsp3) is 0.481. The Hall–Kier alpha value is -2.80. The second kappa shape index (κ2) is 9.10. The molecular formula is C27H30N4O2S. The van der Waals surface area contributed by atoms with Gasteiger partial charge in [0.15, 0.2) is 5.78 Å². The van der Waals surface area contributed by atoms with Crippen molar-refractivity contribution < 1.29 is 9.59 Å². The number of aromatic nitrogens is 3. The molecule has 3 heterocycles. The number of rotatable bonds is 9. The van der Waals surface area contributed by atoms with Gasteiger partial charge in [0.1, 0.15) is 10.8 Å². The number of carbonyl (C=O) groups is 2. The lowest BCUT2D eigenvalue weighted by molar-refractivity contribution is -0.117. The highest BCUT2D eigenvalue weighted by molar-refractivity contribution is 7.17. The number of carbonyl (C=O) groups excluding carboxylic acids is 2. The van der Waals surface area contributed by atoms with Gasteiger partial charge in [-0.3, -0.25) is 14.6 Å². The molecule has 1 amide bonds. The number of pyridine rings is 1. The van der Waals surface area contributed by atoms with Crippen molar-refractivity contribution in [3.63, 3.8) is 0 Å². The Morgan fingerprint density at radius 3 is 2.76 bits per heavy atom. The summed E-state index contributed by atoms with van der Waals surface area (Å²) in [6, 6.07) is 3.98. The van der Waals surface area contributed by atoms with E-state index in [0.717, 1.165) is 72.9 Å². The van der Waals surface area contributed by atoms with Gasteiger partial charge in [0.05, 0.1) is 17.4 Å². The molecule has 0 unspecified atom stereocenters. The summed E-state index contributed by atoms with van der Waals surface area (Å²) in [5.41, 5.74) is 3.02. The van der Waals surface area contributed by atoms with Crippen molar-refractivity contribution in [3.05, 3.63) is 58.7 Å². The number of anilines is 1. The molecule has 6 nitrogen and oxygen atoms in total. The molecule has 7 heteroatoms. The van der Waals surface area contributed by atoms with Gasteiger partial charge in [0.25, 0.3) is 0 Å². The minimum absolute atomic E-state index is 0.0879. The maximum absolute atomic E-state index is 13.4. The SMILES string of the molecule is O=C(CCC1CC1)c1c(NC(=O)C2CC2)sc2c1C[C@@H](Cc1nccn1-c1cccnc1)CC2. The summed E-state index contributed by atoms with van der Waals surface area (Å²) in [7, 11) is 0. The van der Waals surface area contributed by atoms with Crippen LogP contribution in [0.25, 0.3) is 5.69 Å². The molecule has 3 aliphatic rings. The van der Waals surface area contributed by atoms with Crippen molar-refractivity contribution in [1.82, 2.24) is 14.5 Å². The zero-order valence-corrected chi connectivity index (χ0v) is 20.2. The van der Waals surface area contributed by atoms with Gasteiger partial charge in [-0.2, -0.15) is 0 Å². The Labute approximate surface area is 203 Å². The van der Waals surface area contributed by atoms with Crippen molar-refractivity contribution >= 4 is 28.0 Å². The highest BCUT2D eigenvalue weighted by Gasteiger charge is 2.34. The first-order chi connectivity index (χ1) is 16.7. The molecule has 0 spiro atoms. The zero-order valence-electron chi connectivity index (χ0n) is 19.3. The Morgan fingerprint density at radius 1 is 1.12 bits per heavy atom. The van der Waals surface area contributed by atoms with Crippen LogP contribution in [-0.4, -0.2) is 26.2 Å². The van der Waals surface area contributed by atoms with Gasteiger partial charge >= 0.3 is 0 Å². The van der Waals surface area contributed by atoms with Gasteiger partial charge in [0, 0.05) is 42.2 Å². The molecular weight excluding hydrogens is 444 g/mol. The molecule has 176 valence electrons. The van der Waals surface area contributed by atoms with Crippen molar-refractivity contribution in [3.8, 4) is 5.69 Å². The number of Topliss-reactive ketones (excluding diaryl/α,β-unsaturated/α-hetero) is 1. The van der Waals surface area contributed by atoms with Gasteiger partial charge in [-0.15, -0.1) is 11.3 Å². The van der Waals surface area contributed by atoms with Crippen LogP contribution in [-0.2, 0) is 24.1 Å². The van der Waals surface area contributed by atoms with E-state index < -0.39 is 0 Å². The van der Waals surface area contributed by atoms with Crippen LogP contribution >= 0.6 is 11.3 Å². The highest BCUT2D eigenvalue weighted by atomic mass is 32.1. The number of hydrogen-bond donors (Lipinski definition) is 1. The van der Waals surface area contributed by atoms with Gasteiger partial charge in [-0.25, -0.2) is 4.98 Å². The first-order valence-corrected chi connectivity index (χ1v) is 13.4. The fourth-order valence-electron chi connectivity index (χ4n) is 5.11. The van der Waals surface area contributed by atoms with Crippen LogP contribution in [0.4, 0.5) is 5.00 Å². The monoisotopic (exact) mass is 474 g/mol. The molecule has 2 fully saturated rings. The number of amides is 1. The van der Waals surface area contributed by atoms with Crippen molar-refractivity contribution in [2.24, 2.45) is 17.8 Å². The average molecular weight is 475 g/mol. The Kier molecular flexibility index (Phi) is 5.81. The first-order valence-electron chi connectivity index (χ1n) is 12.6. The fourth-order valence-corrected chi connectivity index (χ4v) is 6.38. The predicted octanol–water partition coefficient (Wildman–Crippen LogP) is 5.40. The van der Waals surface area contributed by atoms with Crippen molar-refractivity contribution in [1.29, 1.82) is 0 Å². The molecule has 0 aromatic carbocycles. The summed E-state index contributed by atoms with van der Waals surface area (Å²) >= 11 is 1.64. The van der Waals surface area contributed by atoms with Crippen LogP contribution < -0.4 is 5.32 Å². The lowest BCUT2D eigenvalue weighted by Gasteiger charge is -2.23. The largest absolute Gasteiger partial charge is 0.317 e. The topological polar surface area (TPSA) is 76.9 Å². The summed E-state index contributed by atoms with van der Waals surface area (Å²) in [6.45, 7) is 0. The maximum atomic E-state index is 13.4. The van der Waals surface area contributed by atoms with E-state index >= 15 is 0 Å². The minimum atomic E-state index is 0.0879. The number of hydrogen-bond acceptors (Lipinski definition) is 5. The molecule has 3 aliphatic carbocycles.